The fraction of sp³-hybridized carbons (Fsp3) is 0.727. The van der Waals surface area contributed by atoms with Gasteiger partial charge in [-0.3, -0.25) is 14.9 Å². The molecule has 0 unspecified atom stereocenters. The van der Waals surface area contributed by atoms with Crippen LogP contribution in [0.2, 0.25) is 0 Å². The zero-order valence-electron chi connectivity index (χ0n) is 9.94. The minimum absolute atomic E-state index is 0.0587. The number of unbranched alkanes of at least 4 members (excludes halogenated alkanes) is 1. The first-order valence-corrected chi connectivity index (χ1v) is 5.79. The van der Waals surface area contributed by atoms with Gasteiger partial charge in [0.05, 0.1) is 0 Å². The van der Waals surface area contributed by atoms with Crippen LogP contribution in [0.3, 0.4) is 0 Å². The van der Waals surface area contributed by atoms with Crippen molar-refractivity contribution in [3.63, 3.8) is 0 Å². The Morgan fingerprint density at radius 1 is 1.24 bits per heavy atom. The average Bonchev–Trinajstić information content (AvgIpc) is 3.06. The molecule has 1 saturated carbocycles. The Morgan fingerprint density at radius 3 is 2.35 bits per heavy atom. The van der Waals surface area contributed by atoms with Crippen molar-refractivity contribution in [2.75, 3.05) is 7.05 Å². The van der Waals surface area contributed by atoms with Crippen LogP contribution in [0.15, 0.2) is 0 Å². The molecule has 1 aliphatic rings. The van der Waals surface area contributed by atoms with E-state index in [2.05, 4.69) is 5.32 Å². The first-order chi connectivity index (χ1) is 8.00. The predicted octanol–water partition coefficient (Wildman–Crippen LogP) is 0.962. The zero-order valence-corrected chi connectivity index (χ0v) is 9.94. The number of rotatable bonds is 6. The highest BCUT2D eigenvalue weighted by atomic mass is 16.4. The van der Waals surface area contributed by atoms with Crippen molar-refractivity contribution < 1.29 is 19.5 Å². The van der Waals surface area contributed by atoms with Crippen LogP contribution in [-0.2, 0) is 9.59 Å². The maximum Gasteiger partial charge on any atom is 0.324 e. The molecular weight excluding hydrogens is 224 g/mol. The van der Waals surface area contributed by atoms with Gasteiger partial charge in [0.15, 0.2) is 0 Å². The van der Waals surface area contributed by atoms with Crippen LogP contribution in [0.5, 0.6) is 0 Å². The summed E-state index contributed by atoms with van der Waals surface area (Å²) in [4.78, 5) is 34.6. The van der Waals surface area contributed by atoms with Crippen LogP contribution in [0.4, 0.5) is 4.79 Å². The molecule has 96 valence electrons. The minimum atomic E-state index is -0.866. The van der Waals surface area contributed by atoms with Gasteiger partial charge < -0.3 is 10.0 Å². The summed E-state index contributed by atoms with van der Waals surface area (Å²) in [6.45, 7) is 0. The van der Waals surface area contributed by atoms with Gasteiger partial charge in [-0.15, -0.1) is 0 Å². The van der Waals surface area contributed by atoms with Crippen molar-refractivity contribution in [1.29, 1.82) is 0 Å². The number of urea groups is 1. The number of amides is 3. The number of carbonyl (C=O) groups is 3. The SMILES string of the molecule is CN(C(=O)NC(=O)CCCCC(=O)O)C1CC1. The molecule has 17 heavy (non-hydrogen) atoms. The number of aliphatic carboxylic acids is 1. The monoisotopic (exact) mass is 242 g/mol. The van der Waals surface area contributed by atoms with Gasteiger partial charge >= 0.3 is 12.0 Å². The number of nitrogens with one attached hydrogen (secondary N) is 1. The van der Waals surface area contributed by atoms with Gasteiger partial charge in [-0.05, 0) is 25.7 Å². The van der Waals surface area contributed by atoms with Crippen LogP contribution in [0.25, 0.3) is 0 Å². The van der Waals surface area contributed by atoms with E-state index in [-0.39, 0.29) is 30.8 Å². The third kappa shape index (κ3) is 5.33. The van der Waals surface area contributed by atoms with E-state index >= 15 is 0 Å². The molecule has 1 fully saturated rings. The van der Waals surface area contributed by atoms with Crippen LogP contribution in [-0.4, -0.2) is 41.0 Å². The topological polar surface area (TPSA) is 86.7 Å². The molecule has 0 saturated heterocycles. The van der Waals surface area contributed by atoms with Crippen molar-refractivity contribution in [3.8, 4) is 0 Å². The van der Waals surface area contributed by atoms with Crippen molar-refractivity contribution in [3.05, 3.63) is 0 Å². The van der Waals surface area contributed by atoms with E-state index in [0.29, 0.717) is 12.8 Å². The van der Waals surface area contributed by atoms with Gasteiger partial charge in [-0.25, -0.2) is 4.79 Å². The summed E-state index contributed by atoms with van der Waals surface area (Å²) < 4.78 is 0. The van der Waals surface area contributed by atoms with E-state index in [9.17, 15) is 14.4 Å². The molecule has 0 radical (unpaired) electrons. The maximum absolute atomic E-state index is 11.5. The second-order valence-electron chi connectivity index (χ2n) is 4.30. The zero-order chi connectivity index (χ0) is 12.8. The quantitative estimate of drug-likeness (QED) is 0.679. The van der Waals surface area contributed by atoms with Gasteiger partial charge in [0.2, 0.25) is 5.91 Å². The Labute approximate surface area is 100.0 Å². The number of carbonyl (C=O) groups excluding carboxylic acids is 2. The van der Waals surface area contributed by atoms with Crippen molar-refractivity contribution >= 4 is 17.9 Å². The second-order valence-corrected chi connectivity index (χ2v) is 4.30. The van der Waals surface area contributed by atoms with E-state index in [4.69, 9.17) is 5.11 Å². The minimum Gasteiger partial charge on any atom is -0.481 e. The second kappa shape index (κ2) is 6.22. The lowest BCUT2D eigenvalue weighted by Gasteiger charge is -2.16. The maximum atomic E-state index is 11.5. The number of carboxylic acids is 1. The molecule has 6 nitrogen and oxygen atoms in total. The van der Waals surface area contributed by atoms with Gasteiger partial charge in [0, 0.05) is 25.9 Å². The lowest BCUT2D eigenvalue weighted by Crippen LogP contribution is -2.41. The fourth-order valence-electron chi connectivity index (χ4n) is 1.46. The number of hydrogen-bond acceptors (Lipinski definition) is 3. The number of carboxylic acid groups (broad SMARTS) is 1. The van der Waals surface area contributed by atoms with Crippen LogP contribution in [0, 0.1) is 0 Å². The van der Waals surface area contributed by atoms with E-state index < -0.39 is 5.97 Å². The molecule has 0 aliphatic heterocycles. The summed E-state index contributed by atoms with van der Waals surface area (Å²) >= 11 is 0. The molecule has 0 atom stereocenters. The summed E-state index contributed by atoms with van der Waals surface area (Å²) in [6, 6.07) is -0.0921. The average molecular weight is 242 g/mol. The van der Waals surface area contributed by atoms with E-state index in [1.54, 1.807) is 7.05 Å². The lowest BCUT2D eigenvalue weighted by atomic mass is 10.2. The first-order valence-electron chi connectivity index (χ1n) is 5.79. The molecule has 3 amide bonds. The Morgan fingerprint density at radius 2 is 1.82 bits per heavy atom. The van der Waals surface area contributed by atoms with Crippen molar-refractivity contribution in [2.24, 2.45) is 0 Å². The highest BCUT2D eigenvalue weighted by Gasteiger charge is 2.30. The molecule has 2 N–H and O–H groups in total. The number of imide groups is 1. The van der Waals surface area contributed by atoms with Gasteiger partial charge in [0.1, 0.15) is 0 Å². The summed E-state index contributed by atoms with van der Waals surface area (Å²) in [6.07, 6.45) is 3.18. The van der Waals surface area contributed by atoms with E-state index in [0.717, 1.165) is 12.8 Å². The Kier molecular flexibility index (Phi) is 4.93. The highest BCUT2D eigenvalue weighted by Crippen LogP contribution is 2.25. The third-order valence-electron chi connectivity index (χ3n) is 2.71. The molecule has 0 aromatic carbocycles. The van der Waals surface area contributed by atoms with E-state index in [1.807, 2.05) is 0 Å². The van der Waals surface area contributed by atoms with E-state index in [1.165, 1.54) is 4.90 Å². The van der Waals surface area contributed by atoms with Gasteiger partial charge in [-0.1, -0.05) is 0 Å². The Bertz CT molecular complexity index is 313. The number of hydrogen-bond donors (Lipinski definition) is 2. The molecule has 0 heterocycles. The van der Waals surface area contributed by atoms with Gasteiger partial charge in [0.25, 0.3) is 0 Å². The Balaban J connectivity index is 2.11. The summed E-state index contributed by atoms with van der Waals surface area (Å²) in [7, 11) is 1.67. The normalized spacial score (nSPS) is 14.2. The molecule has 6 heteroatoms. The first kappa shape index (κ1) is 13.5. The van der Waals surface area contributed by atoms with Crippen LogP contribution < -0.4 is 5.32 Å². The smallest absolute Gasteiger partial charge is 0.324 e. The highest BCUT2D eigenvalue weighted by molar-refractivity contribution is 5.94. The third-order valence-corrected chi connectivity index (χ3v) is 2.71. The molecule has 0 spiro atoms. The molecule has 1 aliphatic carbocycles. The summed E-state index contributed by atoms with van der Waals surface area (Å²) in [5, 5.41) is 10.7. The van der Waals surface area contributed by atoms with Crippen molar-refractivity contribution in [1.82, 2.24) is 10.2 Å². The van der Waals surface area contributed by atoms with Crippen LogP contribution >= 0.6 is 0 Å². The molecular formula is C11H18N2O4. The fourth-order valence-corrected chi connectivity index (χ4v) is 1.46. The van der Waals surface area contributed by atoms with Crippen molar-refractivity contribution in [2.45, 2.75) is 44.6 Å². The largest absolute Gasteiger partial charge is 0.481 e. The lowest BCUT2D eigenvalue weighted by molar-refractivity contribution is -0.137. The van der Waals surface area contributed by atoms with Crippen LogP contribution in [0.1, 0.15) is 38.5 Å². The molecule has 0 bridgehead atoms. The summed E-state index contributed by atoms with van der Waals surface area (Å²) in [5.74, 6) is -1.21. The number of nitrogens with zero attached hydrogens (tertiary/aromatic N) is 1. The summed E-state index contributed by atoms with van der Waals surface area (Å²) in [5.41, 5.74) is 0. The molecule has 1 rings (SSSR count). The Hall–Kier alpha value is -1.59. The predicted molar refractivity (Wildman–Crippen MR) is 60.4 cm³/mol. The molecule has 0 aromatic rings. The van der Waals surface area contributed by atoms with Gasteiger partial charge in [-0.2, -0.15) is 0 Å². The standard InChI is InChI=1S/C11H18N2O4/c1-13(8-6-7-8)11(17)12-9(14)4-2-3-5-10(15)16/h8H,2-7H2,1H3,(H,15,16)(H,12,14,17). The molecule has 0 aromatic heterocycles.